The first-order chi connectivity index (χ1) is 11.7. The van der Waals surface area contributed by atoms with Crippen molar-refractivity contribution in [3.05, 3.63) is 58.5 Å². The number of hydrogen-bond donors (Lipinski definition) is 1. The Labute approximate surface area is 141 Å². The SMILES string of the molecule is Cc1cc(C(F)(F)F)n2nc(C(=O)Nc3cccc(C)c3C)cc2n1. The van der Waals surface area contributed by atoms with E-state index in [1.807, 2.05) is 19.9 Å². The number of carbonyl (C=O) groups is 1. The van der Waals surface area contributed by atoms with Crippen molar-refractivity contribution < 1.29 is 18.0 Å². The van der Waals surface area contributed by atoms with E-state index in [9.17, 15) is 18.0 Å². The lowest BCUT2D eigenvalue weighted by Gasteiger charge is -2.09. The van der Waals surface area contributed by atoms with Crippen LogP contribution in [-0.2, 0) is 6.18 Å². The third-order valence-electron chi connectivity index (χ3n) is 3.93. The fraction of sp³-hybridized carbons (Fsp3) is 0.235. The van der Waals surface area contributed by atoms with E-state index in [0.29, 0.717) is 10.2 Å². The number of halogens is 3. The van der Waals surface area contributed by atoms with Crippen molar-refractivity contribution >= 4 is 17.2 Å². The summed E-state index contributed by atoms with van der Waals surface area (Å²) in [6.07, 6.45) is -4.60. The lowest BCUT2D eigenvalue weighted by Crippen LogP contribution is -2.16. The second-order valence-corrected chi connectivity index (χ2v) is 5.78. The predicted molar refractivity (Wildman–Crippen MR) is 86.6 cm³/mol. The zero-order valence-corrected chi connectivity index (χ0v) is 13.8. The molecule has 1 amide bonds. The molecule has 0 bridgehead atoms. The summed E-state index contributed by atoms with van der Waals surface area (Å²) in [5, 5.41) is 6.47. The van der Waals surface area contributed by atoms with Gasteiger partial charge in [-0.05, 0) is 44.0 Å². The van der Waals surface area contributed by atoms with Crippen molar-refractivity contribution in [3.8, 4) is 0 Å². The summed E-state index contributed by atoms with van der Waals surface area (Å²) in [5.41, 5.74) is 1.51. The van der Waals surface area contributed by atoms with Crippen LogP contribution in [0.5, 0.6) is 0 Å². The number of nitrogens with one attached hydrogen (secondary N) is 1. The van der Waals surface area contributed by atoms with Gasteiger partial charge in [-0.1, -0.05) is 12.1 Å². The minimum Gasteiger partial charge on any atom is -0.320 e. The molecule has 2 heterocycles. The van der Waals surface area contributed by atoms with Crippen LogP contribution in [0.4, 0.5) is 18.9 Å². The maximum absolute atomic E-state index is 13.2. The van der Waals surface area contributed by atoms with Gasteiger partial charge in [0.15, 0.2) is 11.3 Å². The van der Waals surface area contributed by atoms with Crippen LogP contribution in [0.15, 0.2) is 30.3 Å². The first kappa shape index (κ1) is 16.9. The highest BCUT2D eigenvalue weighted by molar-refractivity contribution is 6.04. The molecule has 0 saturated carbocycles. The van der Waals surface area contributed by atoms with Crippen molar-refractivity contribution in [1.82, 2.24) is 14.6 Å². The Kier molecular flexibility index (Phi) is 3.98. The first-order valence-electron chi connectivity index (χ1n) is 7.49. The van der Waals surface area contributed by atoms with Crippen molar-refractivity contribution in [2.45, 2.75) is 26.9 Å². The average Bonchev–Trinajstić information content (AvgIpc) is 2.93. The molecule has 0 aliphatic rings. The molecule has 2 aromatic heterocycles. The summed E-state index contributed by atoms with van der Waals surface area (Å²) < 4.78 is 40.1. The number of nitrogens with zero attached hydrogens (tertiary/aromatic N) is 3. The summed E-state index contributed by atoms with van der Waals surface area (Å²) in [7, 11) is 0. The lowest BCUT2D eigenvalue weighted by molar-refractivity contribution is -0.142. The molecule has 1 N–H and O–H groups in total. The maximum Gasteiger partial charge on any atom is 0.433 e. The van der Waals surface area contributed by atoms with Gasteiger partial charge in [-0.15, -0.1) is 0 Å². The smallest absolute Gasteiger partial charge is 0.320 e. The van der Waals surface area contributed by atoms with Gasteiger partial charge in [0.2, 0.25) is 0 Å². The molecule has 1 aromatic carbocycles. The van der Waals surface area contributed by atoms with Crippen LogP contribution < -0.4 is 5.32 Å². The Morgan fingerprint density at radius 1 is 1.16 bits per heavy atom. The van der Waals surface area contributed by atoms with Crippen molar-refractivity contribution in [3.63, 3.8) is 0 Å². The van der Waals surface area contributed by atoms with Crippen LogP contribution in [0, 0.1) is 20.8 Å². The molecule has 25 heavy (non-hydrogen) atoms. The zero-order valence-electron chi connectivity index (χ0n) is 13.8. The molecule has 0 saturated heterocycles. The minimum absolute atomic E-state index is 0.0292. The Morgan fingerprint density at radius 2 is 1.88 bits per heavy atom. The monoisotopic (exact) mass is 348 g/mol. The van der Waals surface area contributed by atoms with Gasteiger partial charge in [0.05, 0.1) is 0 Å². The van der Waals surface area contributed by atoms with Crippen LogP contribution >= 0.6 is 0 Å². The largest absolute Gasteiger partial charge is 0.433 e. The molecule has 8 heteroatoms. The van der Waals surface area contributed by atoms with E-state index < -0.39 is 17.8 Å². The van der Waals surface area contributed by atoms with Crippen LogP contribution in [0.1, 0.15) is 33.0 Å². The zero-order chi connectivity index (χ0) is 18.4. The fourth-order valence-electron chi connectivity index (χ4n) is 2.49. The van der Waals surface area contributed by atoms with Crippen LogP contribution in [0.2, 0.25) is 0 Å². The van der Waals surface area contributed by atoms with E-state index >= 15 is 0 Å². The number of rotatable bonds is 2. The van der Waals surface area contributed by atoms with E-state index in [1.165, 1.54) is 13.0 Å². The summed E-state index contributed by atoms with van der Waals surface area (Å²) >= 11 is 0. The number of aromatic nitrogens is 3. The number of alkyl halides is 3. The topological polar surface area (TPSA) is 59.3 Å². The van der Waals surface area contributed by atoms with Crippen LogP contribution in [0.3, 0.4) is 0 Å². The van der Waals surface area contributed by atoms with E-state index in [2.05, 4.69) is 15.4 Å². The number of aryl methyl sites for hydroxylation is 2. The normalized spacial score (nSPS) is 11.8. The average molecular weight is 348 g/mol. The molecule has 0 aliphatic carbocycles. The Hall–Kier alpha value is -2.90. The highest BCUT2D eigenvalue weighted by Crippen LogP contribution is 2.30. The molecule has 130 valence electrons. The quantitative estimate of drug-likeness (QED) is 0.763. The van der Waals surface area contributed by atoms with Crippen molar-refractivity contribution in [2.75, 3.05) is 5.32 Å². The molecular formula is C17H15F3N4O. The van der Waals surface area contributed by atoms with Gasteiger partial charge in [-0.2, -0.15) is 18.3 Å². The molecule has 0 radical (unpaired) electrons. The van der Waals surface area contributed by atoms with E-state index in [-0.39, 0.29) is 17.0 Å². The summed E-state index contributed by atoms with van der Waals surface area (Å²) in [6, 6.07) is 7.54. The maximum atomic E-state index is 13.2. The number of benzene rings is 1. The van der Waals surface area contributed by atoms with Gasteiger partial charge in [0.25, 0.3) is 5.91 Å². The third-order valence-corrected chi connectivity index (χ3v) is 3.93. The van der Waals surface area contributed by atoms with E-state index in [0.717, 1.165) is 17.2 Å². The Balaban J connectivity index is 2.02. The molecule has 3 rings (SSSR count). The molecule has 0 aliphatic heterocycles. The fourth-order valence-corrected chi connectivity index (χ4v) is 2.49. The standard InChI is InChI=1S/C17H15F3N4O/c1-9-5-4-6-12(11(9)3)22-16(25)13-8-15-21-10(2)7-14(17(18,19)20)24(15)23-13/h4-8H,1-3H3,(H,22,25). The molecular weight excluding hydrogens is 333 g/mol. The number of hydrogen-bond acceptors (Lipinski definition) is 3. The van der Waals surface area contributed by atoms with E-state index in [4.69, 9.17) is 0 Å². The van der Waals surface area contributed by atoms with E-state index in [1.54, 1.807) is 12.1 Å². The highest BCUT2D eigenvalue weighted by atomic mass is 19.4. The summed E-state index contributed by atoms with van der Waals surface area (Å²) in [5.74, 6) is -0.593. The van der Waals surface area contributed by atoms with Crippen LogP contribution in [0.25, 0.3) is 5.65 Å². The number of amides is 1. The minimum atomic E-state index is -4.60. The highest BCUT2D eigenvalue weighted by Gasteiger charge is 2.35. The summed E-state index contributed by atoms with van der Waals surface area (Å²) in [4.78, 5) is 16.4. The summed E-state index contributed by atoms with van der Waals surface area (Å²) in [6.45, 7) is 5.21. The second-order valence-electron chi connectivity index (χ2n) is 5.78. The first-order valence-corrected chi connectivity index (χ1v) is 7.49. The molecule has 0 atom stereocenters. The van der Waals surface area contributed by atoms with Gasteiger partial charge >= 0.3 is 6.18 Å². The lowest BCUT2D eigenvalue weighted by atomic mass is 10.1. The number of fused-ring (bicyclic) bond motifs is 1. The Morgan fingerprint density at radius 3 is 2.56 bits per heavy atom. The third kappa shape index (κ3) is 3.19. The Bertz CT molecular complexity index is 976. The number of anilines is 1. The molecule has 0 unspecified atom stereocenters. The van der Waals surface area contributed by atoms with Gasteiger partial charge < -0.3 is 5.32 Å². The van der Waals surface area contributed by atoms with Gasteiger partial charge in [0.1, 0.15) is 5.69 Å². The molecule has 0 spiro atoms. The second kappa shape index (κ2) is 5.87. The van der Waals surface area contributed by atoms with Crippen molar-refractivity contribution in [1.29, 1.82) is 0 Å². The predicted octanol–water partition coefficient (Wildman–Crippen LogP) is 3.93. The molecule has 5 nitrogen and oxygen atoms in total. The van der Waals surface area contributed by atoms with Crippen LogP contribution in [-0.4, -0.2) is 20.5 Å². The van der Waals surface area contributed by atoms with Gasteiger partial charge in [-0.3, -0.25) is 4.79 Å². The molecule has 3 aromatic rings. The molecule has 0 fully saturated rings. The van der Waals surface area contributed by atoms with Gasteiger partial charge in [0, 0.05) is 17.4 Å². The van der Waals surface area contributed by atoms with Gasteiger partial charge in [-0.25, -0.2) is 9.50 Å². The number of carbonyl (C=O) groups excluding carboxylic acids is 1. The van der Waals surface area contributed by atoms with Crippen molar-refractivity contribution in [2.24, 2.45) is 0 Å².